The summed E-state index contributed by atoms with van der Waals surface area (Å²) in [5.41, 5.74) is 9.49. The third-order valence-corrected chi connectivity index (χ3v) is 3.59. The Hall–Kier alpha value is -2.73. The quantitative estimate of drug-likeness (QED) is 0.804. The predicted molar refractivity (Wildman–Crippen MR) is 85.9 cm³/mol. The van der Waals surface area contributed by atoms with Crippen molar-refractivity contribution in [1.82, 2.24) is 15.0 Å². The highest BCUT2D eigenvalue weighted by Crippen LogP contribution is 2.30. The first-order valence-electron chi connectivity index (χ1n) is 7.19. The zero-order chi connectivity index (χ0) is 16.4. The number of rotatable bonds is 4. The van der Waals surface area contributed by atoms with Gasteiger partial charge in [0.05, 0.1) is 12.8 Å². The van der Waals surface area contributed by atoms with Crippen molar-refractivity contribution in [2.75, 3.05) is 7.11 Å². The van der Waals surface area contributed by atoms with Crippen LogP contribution in [0.2, 0.25) is 0 Å². The van der Waals surface area contributed by atoms with Gasteiger partial charge in [0, 0.05) is 12.1 Å². The predicted octanol–water partition coefficient (Wildman–Crippen LogP) is 2.85. The van der Waals surface area contributed by atoms with Gasteiger partial charge in [0.25, 0.3) is 0 Å². The molecule has 0 aliphatic carbocycles. The summed E-state index contributed by atoms with van der Waals surface area (Å²) < 4.78 is 20.7. The SMILES string of the molecule is COc1ccc(C)cc1-n1nnc(CN)c1-c1cccc(F)c1. The Bertz CT molecular complexity index is 844. The molecule has 0 bridgehead atoms. The molecule has 5 nitrogen and oxygen atoms in total. The van der Waals surface area contributed by atoms with Crippen LogP contribution in [0.15, 0.2) is 42.5 Å². The Labute approximate surface area is 133 Å². The number of hydrogen-bond donors (Lipinski definition) is 1. The van der Waals surface area contributed by atoms with Crippen molar-refractivity contribution in [2.24, 2.45) is 5.73 Å². The van der Waals surface area contributed by atoms with Crippen LogP contribution in [-0.4, -0.2) is 22.1 Å². The Morgan fingerprint density at radius 3 is 2.74 bits per heavy atom. The Morgan fingerprint density at radius 2 is 2.04 bits per heavy atom. The van der Waals surface area contributed by atoms with Crippen molar-refractivity contribution in [3.8, 4) is 22.7 Å². The minimum atomic E-state index is -0.325. The molecule has 0 spiro atoms. The second-order valence-corrected chi connectivity index (χ2v) is 5.19. The topological polar surface area (TPSA) is 66.0 Å². The van der Waals surface area contributed by atoms with Crippen molar-refractivity contribution >= 4 is 0 Å². The van der Waals surface area contributed by atoms with Crippen molar-refractivity contribution in [3.05, 3.63) is 59.5 Å². The Morgan fingerprint density at radius 1 is 1.22 bits per heavy atom. The van der Waals surface area contributed by atoms with Gasteiger partial charge in [-0.3, -0.25) is 0 Å². The Balaban J connectivity index is 2.26. The molecular weight excluding hydrogens is 295 g/mol. The molecule has 23 heavy (non-hydrogen) atoms. The molecule has 0 saturated carbocycles. The number of benzene rings is 2. The fourth-order valence-corrected chi connectivity index (χ4v) is 2.51. The maximum absolute atomic E-state index is 13.6. The van der Waals surface area contributed by atoms with Gasteiger partial charge < -0.3 is 10.5 Å². The fraction of sp³-hybridized carbons (Fsp3) is 0.176. The summed E-state index contributed by atoms with van der Waals surface area (Å²) in [4.78, 5) is 0. The lowest BCUT2D eigenvalue weighted by Gasteiger charge is -2.12. The monoisotopic (exact) mass is 312 g/mol. The molecule has 0 radical (unpaired) electrons. The number of halogens is 1. The standard InChI is InChI=1S/C17H17FN4O/c1-11-6-7-16(23-2)15(8-11)22-17(14(10-19)20-21-22)12-4-3-5-13(18)9-12/h3-9H,10,19H2,1-2H3. The first kappa shape index (κ1) is 15.2. The van der Waals surface area contributed by atoms with Gasteiger partial charge >= 0.3 is 0 Å². The average molecular weight is 312 g/mol. The van der Waals surface area contributed by atoms with E-state index < -0.39 is 0 Å². The van der Waals surface area contributed by atoms with Crippen LogP contribution < -0.4 is 10.5 Å². The minimum absolute atomic E-state index is 0.208. The van der Waals surface area contributed by atoms with Gasteiger partial charge in [0.1, 0.15) is 22.9 Å². The lowest BCUT2D eigenvalue weighted by atomic mass is 10.1. The molecule has 0 fully saturated rings. The summed E-state index contributed by atoms with van der Waals surface area (Å²) >= 11 is 0. The summed E-state index contributed by atoms with van der Waals surface area (Å²) in [6.07, 6.45) is 0. The summed E-state index contributed by atoms with van der Waals surface area (Å²) in [5.74, 6) is 0.330. The van der Waals surface area contributed by atoms with Crippen molar-refractivity contribution in [3.63, 3.8) is 0 Å². The molecule has 0 atom stereocenters. The zero-order valence-electron chi connectivity index (χ0n) is 13.0. The summed E-state index contributed by atoms with van der Waals surface area (Å²) in [6, 6.07) is 12.0. The molecule has 3 rings (SSSR count). The van der Waals surface area contributed by atoms with Gasteiger partial charge in [-0.2, -0.15) is 0 Å². The van der Waals surface area contributed by atoms with E-state index in [9.17, 15) is 4.39 Å². The molecule has 1 heterocycles. The first-order chi connectivity index (χ1) is 11.1. The van der Waals surface area contributed by atoms with Crippen LogP contribution in [0.1, 0.15) is 11.3 Å². The lowest BCUT2D eigenvalue weighted by molar-refractivity contribution is 0.411. The molecule has 0 aliphatic rings. The summed E-state index contributed by atoms with van der Waals surface area (Å²) in [6.45, 7) is 2.19. The largest absolute Gasteiger partial charge is 0.494 e. The maximum atomic E-state index is 13.6. The van der Waals surface area contributed by atoms with Gasteiger partial charge in [0.2, 0.25) is 0 Å². The van der Waals surface area contributed by atoms with E-state index >= 15 is 0 Å². The van der Waals surface area contributed by atoms with Gasteiger partial charge in [-0.15, -0.1) is 5.10 Å². The lowest BCUT2D eigenvalue weighted by Crippen LogP contribution is -2.04. The van der Waals surface area contributed by atoms with Crippen molar-refractivity contribution in [2.45, 2.75) is 13.5 Å². The van der Waals surface area contributed by atoms with E-state index in [1.807, 2.05) is 25.1 Å². The molecular formula is C17H17FN4O. The molecule has 6 heteroatoms. The number of ether oxygens (including phenoxy) is 1. The summed E-state index contributed by atoms with van der Waals surface area (Å²) in [7, 11) is 1.59. The van der Waals surface area contributed by atoms with E-state index in [0.29, 0.717) is 22.7 Å². The molecule has 0 amide bonds. The van der Waals surface area contributed by atoms with Crippen LogP contribution >= 0.6 is 0 Å². The number of nitrogens with zero attached hydrogens (tertiary/aromatic N) is 3. The highest BCUT2D eigenvalue weighted by Gasteiger charge is 2.18. The minimum Gasteiger partial charge on any atom is -0.494 e. The zero-order valence-corrected chi connectivity index (χ0v) is 13.0. The van der Waals surface area contributed by atoms with Gasteiger partial charge in [-0.25, -0.2) is 9.07 Å². The van der Waals surface area contributed by atoms with Crippen LogP contribution in [0.3, 0.4) is 0 Å². The number of aryl methyl sites for hydroxylation is 1. The third-order valence-electron chi connectivity index (χ3n) is 3.59. The number of methoxy groups -OCH3 is 1. The van der Waals surface area contributed by atoms with Crippen molar-refractivity contribution < 1.29 is 9.13 Å². The molecule has 2 aromatic carbocycles. The number of aromatic nitrogens is 3. The van der Waals surface area contributed by atoms with E-state index in [1.165, 1.54) is 12.1 Å². The second kappa shape index (κ2) is 6.18. The smallest absolute Gasteiger partial charge is 0.144 e. The van der Waals surface area contributed by atoms with Crippen LogP contribution in [0.25, 0.3) is 16.9 Å². The Kier molecular flexibility index (Phi) is 4.08. The van der Waals surface area contributed by atoms with Crippen molar-refractivity contribution in [1.29, 1.82) is 0 Å². The molecule has 2 N–H and O–H groups in total. The van der Waals surface area contributed by atoms with Gasteiger partial charge in [-0.1, -0.05) is 23.4 Å². The van der Waals surface area contributed by atoms with E-state index in [-0.39, 0.29) is 12.4 Å². The summed E-state index contributed by atoms with van der Waals surface area (Å²) in [5, 5.41) is 8.33. The van der Waals surface area contributed by atoms with Crippen LogP contribution in [0.5, 0.6) is 5.75 Å². The maximum Gasteiger partial charge on any atom is 0.144 e. The average Bonchev–Trinajstić information content (AvgIpc) is 2.98. The normalized spacial score (nSPS) is 10.8. The molecule has 0 unspecified atom stereocenters. The van der Waals surface area contributed by atoms with Crippen LogP contribution in [0, 0.1) is 12.7 Å². The highest BCUT2D eigenvalue weighted by atomic mass is 19.1. The number of nitrogens with two attached hydrogens (primary N) is 1. The van der Waals surface area contributed by atoms with E-state index in [4.69, 9.17) is 10.5 Å². The molecule has 0 aliphatic heterocycles. The van der Waals surface area contributed by atoms with E-state index in [2.05, 4.69) is 10.3 Å². The highest BCUT2D eigenvalue weighted by molar-refractivity contribution is 5.66. The second-order valence-electron chi connectivity index (χ2n) is 5.19. The van der Waals surface area contributed by atoms with Gasteiger partial charge in [-0.05, 0) is 36.8 Å². The van der Waals surface area contributed by atoms with Crippen LogP contribution in [0.4, 0.5) is 4.39 Å². The fourth-order valence-electron chi connectivity index (χ4n) is 2.51. The van der Waals surface area contributed by atoms with E-state index in [0.717, 1.165) is 11.3 Å². The first-order valence-corrected chi connectivity index (χ1v) is 7.19. The molecule has 0 saturated heterocycles. The van der Waals surface area contributed by atoms with Crippen LogP contribution in [-0.2, 0) is 6.54 Å². The number of hydrogen-bond acceptors (Lipinski definition) is 4. The molecule has 118 valence electrons. The van der Waals surface area contributed by atoms with Gasteiger partial charge in [0.15, 0.2) is 0 Å². The molecule has 1 aromatic heterocycles. The third kappa shape index (κ3) is 2.80. The van der Waals surface area contributed by atoms with E-state index in [1.54, 1.807) is 23.9 Å². The molecule has 3 aromatic rings.